The molecule has 0 aromatic rings. The van der Waals surface area contributed by atoms with Gasteiger partial charge in [0.2, 0.25) is 14.3 Å². The molecule has 0 bridgehead atoms. The third kappa shape index (κ3) is 3.16. The molecule has 0 heterocycles. The highest BCUT2D eigenvalue weighted by molar-refractivity contribution is 7.24. The molecule has 0 fully saturated rings. The van der Waals surface area contributed by atoms with E-state index < -0.39 is 26.0 Å². The number of rotatable bonds is 4. The summed E-state index contributed by atoms with van der Waals surface area (Å²) < 4.78 is 14.6. The Morgan fingerprint density at radius 2 is 2.25 bits per heavy atom. The molecule has 0 aromatic heterocycles. The maximum absolute atomic E-state index is 10.5. The Balaban J connectivity index is 4.27. The number of esters is 1. The number of aliphatic hydroxyl groups excluding tert-OH is 2. The molecule has 0 aromatic carbocycles. The minimum atomic E-state index is -1.37. The van der Waals surface area contributed by atoms with E-state index in [0.717, 1.165) is 6.08 Å². The summed E-state index contributed by atoms with van der Waals surface area (Å²) in [4.78, 5) is 10.5. The summed E-state index contributed by atoms with van der Waals surface area (Å²) in [5.74, 6) is -2.90. The van der Waals surface area contributed by atoms with Crippen LogP contribution in [0.3, 0.4) is 0 Å². The third-order valence-corrected chi connectivity index (χ3v) is 1.44. The van der Waals surface area contributed by atoms with Crippen molar-refractivity contribution in [3.8, 4) is 0 Å². The number of hydrogen-bond donors (Lipinski definition) is 2. The van der Waals surface area contributed by atoms with Crippen LogP contribution in [-0.4, -0.2) is 22.0 Å². The van der Waals surface area contributed by atoms with Crippen molar-refractivity contribution in [2.45, 2.75) is 5.85 Å². The minimum Gasteiger partial charge on any atom is -0.512 e. The highest BCUT2D eigenvalue weighted by Crippen LogP contribution is 2.15. The number of aliphatic hydroxyl groups is 2. The fraction of sp³-hybridized carbons (Fsp3) is 0.167. The van der Waals surface area contributed by atoms with Crippen molar-refractivity contribution in [3.05, 3.63) is 24.7 Å². The van der Waals surface area contributed by atoms with Gasteiger partial charge in [-0.05, 0) is 0 Å². The smallest absolute Gasteiger partial charge is 0.331 e. The fourth-order valence-electron chi connectivity index (χ4n) is 0.358. The summed E-state index contributed by atoms with van der Waals surface area (Å²) in [7, 11) is -0.630. The maximum atomic E-state index is 10.5. The van der Waals surface area contributed by atoms with E-state index in [1.165, 1.54) is 0 Å². The predicted octanol–water partition coefficient (Wildman–Crippen LogP) is 1.29. The van der Waals surface area contributed by atoms with Crippen molar-refractivity contribution in [1.82, 2.24) is 0 Å². The van der Waals surface area contributed by atoms with Crippen molar-refractivity contribution < 1.29 is 24.3 Å². The number of hydrogen-bond acceptors (Lipinski definition) is 5. The lowest BCUT2D eigenvalue weighted by molar-refractivity contribution is -0.139. The summed E-state index contributed by atoms with van der Waals surface area (Å²) in [5.41, 5.74) is 0. The molecule has 2 N–H and O–H groups in total. The van der Waals surface area contributed by atoms with Gasteiger partial charge in [0, 0.05) is 6.08 Å². The molecule has 12 heavy (non-hydrogen) atoms. The van der Waals surface area contributed by atoms with Gasteiger partial charge in [0.1, 0.15) is 6.26 Å². The van der Waals surface area contributed by atoms with E-state index in [-0.39, 0.29) is 0 Å². The Kier molecular flexibility index (Phi) is 4.72. The Labute approximate surface area is 70.2 Å². The first-order valence-corrected chi connectivity index (χ1v) is 3.72. The van der Waals surface area contributed by atoms with Crippen LogP contribution in [0.1, 0.15) is 0 Å². The lowest BCUT2D eigenvalue weighted by atomic mass is 10.5. The van der Waals surface area contributed by atoms with Crippen molar-refractivity contribution in [1.29, 1.82) is 0 Å². The number of carbonyl (C=O) groups excluding carboxylic acids is 1. The van der Waals surface area contributed by atoms with Gasteiger partial charge in [-0.3, -0.25) is 4.57 Å². The average Bonchev–Trinajstić information content (AvgIpc) is 2.12. The molecule has 5 nitrogen and oxygen atoms in total. The highest BCUT2D eigenvalue weighted by atomic mass is 31.1. The first-order valence-electron chi connectivity index (χ1n) is 2.84. The summed E-state index contributed by atoms with van der Waals surface area (Å²) in [6.07, 6.45) is 1.15. The molecule has 0 spiro atoms. The van der Waals surface area contributed by atoms with E-state index in [4.69, 9.17) is 10.2 Å². The molecular weight excluding hydrogens is 183 g/mol. The van der Waals surface area contributed by atoms with Crippen LogP contribution in [0.25, 0.3) is 0 Å². The van der Waals surface area contributed by atoms with Crippen molar-refractivity contribution in [2.75, 3.05) is 0 Å². The van der Waals surface area contributed by atoms with Crippen LogP contribution < -0.4 is 0 Å². The van der Waals surface area contributed by atoms with Gasteiger partial charge < -0.3 is 14.9 Å². The molecule has 0 aliphatic carbocycles. The molecule has 0 radical (unpaired) electrons. The molecule has 0 saturated carbocycles. The quantitative estimate of drug-likeness (QED) is 0.302. The third-order valence-electron chi connectivity index (χ3n) is 0.875. The zero-order valence-electron chi connectivity index (χ0n) is 6.01. The summed E-state index contributed by atoms with van der Waals surface area (Å²) in [6.45, 7) is 3.09. The molecule has 1 unspecified atom stereocenters. The van der Waals surface area contributed by atoms with Gasteiger partial charge in [0.25, 0.3) is 0 Å². The van der Waals surface area contributed by atoms with E-state index in [0.29, 0.717) is 6.26 Å². The van der Waals surface area contributed by atoms with Crippen LogP contribution in [0.5, 0.6) is 0 Å². The summed E-state index contributed by atoms with van der Waals surface area (Å²) in [6, 6.07) is 0. The standard InChI is InChI=1S/C6H7O5P/c1-2-5(9)11-6(12-10)4(8)3-7/h2-3,6-8H,1H2. The molecule has 0 aliphatic rings. The van der Waals surface area contributed by atoms with Gasteiger partial charge in [-0.15, -0.1) is 0 Å². The summed E-state index contributed by atoms with van der Waals surface area (Å²) >= 11 is 0. The first kappa shape index (κ1) is 10.7. The van der Waals surface area contributed by atoms with Gasteiger partial charge in [0.15, 0.2) is 5.76 Å². The number of ether oxygens (including phenoxy) is 1. The lowest BCUT2D eigenvalue weighted by Crippen LogP contribution is -2.12. The van der Waals surface area contributed by atoms with Crippen LogP contribution in [0.2, 0.25) is 0 Å². The van der Waals surface area contributed by atoms with Crippen molar-refractivity contribution in [2.24, 2.45) is 0 Å². The molecule has 0 saturated heterocycles. The predicted molar refractivity (Wildman–Crippen MR) is 41.0 cm³/mol. The van der Waals surface area contributed by atoms with Crippen LogP contribution in [0.15, 0.2) is 24.7 Å². The zero-order valence-corrected chi connectivity index (χ0v) is 6.90. The van der Waals surface area contributed by atoms with Crippen LogP contribution in [-0.2, 0) is 14.1 Å². The molecular formula is C6H7O5P. The Hall–Kier alpha value is -1.35. The molecule has 66 valence electrons. The molecule has 1 atom stereocenters. The average molecular weight is 190 g/mol. The summed E-state index contributed by atoms with van der Waals surface area (Å²) in [5, 5.41) is 17.0. The lowest BCUT2D eigenvalue weighted by Gasteiger charge is -2.06. The molecule has 0 amide bonds. The van der Waals surface area contributed by atoms with Gasteiger partial charge in [-0.25, -0.2) is 4.79 Å². The Bertz CT molecular complexity index is 222. The Morgan fingerprint density at radius 3 is 2.58 bits per heavy atom. The van der Waals surface area contributed by atoms with Crippen LogP contribution in [0.4, 0.5) is 0 Å². The van der Waals surface area contributed by atoms with Crippen LogP contribution in [0, 0.1) is 0 Å². The van der Waals surface area contributed by atoms with Crippen LogP contribution >= 0.6 is 8.46 Å². The van der Waals surface area contributed by atoms with Gasteiger partial charge in [0.05, 0.1) is 0 Å². The zero-order chi connectivity index (χ0) is 9.56. The fourth-order valence-corrected chi connectivity index (χ4v) is 0.679. The second-order valence-electron chi connectivity index (χ2n) is 1.65. The van der Waals surface area contributed by atoms with E-state index in [2.05, 4.69) is 11.3 Å². The van der Waals surface area contributed by atoms with E-state index in [9.17, 15) is 9.36 Å². The largest absolute Gasteiger partial charge is 0.512 e. The van der Waals surface area contributed by atoms with Crippen molar-refractivity contribution in [3.63, 3.8) is 0 Å². The van der Waals surface area contributed by atoms with Gasteiger partial charge in [-0.1, -0.05) is 6.58 Å². The SMILES string of the molecule is C=CC(=O)OC(P=O)C(O)=CO. The first-order chi connectivity index (χ1) is 5.65. The Morgan fingerprint density at radius 1 is 1.67 bits per heavy atom. The van der Waals surface area contributed by atoms with Gasteiger partial charge in [-0.2, -0.15) is 0 Å². The maximum Gasteiger partial charge on any atom is 0.331 e. The second-order valence-corrected chi connectivity index (χ2v) is 2.33. The van der Waals surface area contributed by atoms with E-state index >= 15 is 0 Å². The highest BCUT2D eigenvalue weighted by Gasteiger charge is 2.17. The van der Waals surface area contributed by atoms with E-state index in [1.807, 2.05) is 0 Å². The second kappa shape index (κ2) is 5.32. The molecule has 6 heteroatoms. The molecule has 0 aliphatic heterocycles. The normalized spacial score (nSPS) is 13.8. The van der Waals surface area contributed by atoms with E-state index in [1.54, 1.807) is 0 Å². The molecule has 0 rings (SSSR count). The monoisotopic (exact) mass is 190 g/mol. The van der Waals surface area contributed by atoms with Gasteiger partial charge >= 0.3 is 5.97 Å². The van der Waals surface area contributed by atoms with Crippen molar-refractivity contribution >= 4 is 14.4 Å². The number of carbonyl (C=O) groups is 1. The topological polar surface area (TPSA) is 83.8 Å². The minimum absolute atomic E-state index is 0.298.